The Labute approximate surface area is 401 Å². The van der Waals surface area contributed by atoms with E-state index in [1.54, 1.807) is 23.5 Å². The van der Waals surface area contributed by atoms with E-state index in [4.69, 9.17) is 37.9 Å². The lowest BCUT2D eigenvalue weighted by Crippen LogP contribution is -2.73. The maximum absolute atomic E-state index is 13.5. The molecule has 1 N–H and O–H groups in total. The first-order chi connectivity index (χ1) is 31.7. The summed E-state index contributed by atoms with van der Waals surface area (Å²) in [6.45, 7) is 12.2. The molecule has 4 aromatic carbocycles. The van der Waals surface area contributed by atoms with Gasteiger partial charge >= 0.3 is 5.97 Å². The first kappa shape index (κ1) is 50.6. The molecule has 0 radical (unpaired) electrons. The third-order valence-corrected chi connectivity index (χ3v) is 16.3. The van der Waals surface area contributed by atoms with Crippen molar-refractivity contribution in [3.8, 4) is 0 Å². The van der Waals surface area contributed by atoms with Gasteiger partial charge in [0, 0.05) is 6.92 Å². The van der Waals surface area contributed by atoms with Crippen LogP contribution in [0.1, 0.15) is 89.5 Å². The second-order valence-electron chi connectivity index (χ2n) is 18.9. The first-order valence-corrected chi connectivity index (χ1v) is 25.5. The molecule has 0 aromatic heterocycles. The zero-order valence-electron chi connectivity index (χ0n) is 39.6. The summed E-state index contributed by atoms with van der Waals surface area (Å²) in [4.78, 5) is 12.5. The van der Waals surface area contributed by atoms with Gasteiger partial charge in [-0.05, 0) is 99.5 Å². The Balaban J connectivity index is 1.26. The van der Waals surface area contributed by atoms with Gasteiger partial charge in [-0.3, -0.25) is 4.79 Å². The molecule has 0 bridgehead atoms. The van der Waals surface area contributed by atoms with Crippen LogP contribution in [0.5, 0.6) is 0 Å². The standard InChI is InChI=1S/C54H70O10S2/c1-40(33-42-21-11-7-12-22-42)46(60-41(2)55)29-19-30-54(65-31-20-32-66-54)48(56)49-53(64-51(5,6)62-49,39-59-36-45-27-17-10-18-28-45)52(38-58-35-44-25-15-9-16-26-44)47(61-50(3,4)63-52)37-57-34-43-23-13-8-14-24-43/h7-18,21-28,40,46-49,56H,19-20,29-39H2,1-6H3/t40-,46-,47+,48+,49-,52-,53-/m1/s1. The van der Waals surface area contributed by atoms with Crippen molar-refractivity contribution in [3.05, 3.63) is 144 Å². The van der Waals surface area contributed by atoms with Crippen molar-refractivity contribution < 1.29 is 47.8 Å². The molecule has 4 aromatic rings. The maximum Gasteiger partial charge on any atom is 0.302 e. The predicted octanol–water partition coefficient (Wildman–Crippen LogP) is 10.3. The van der Waals surface area contributed by atoms with Gasteiger partial charge in [0.2, 0.25) is 0 Å². The number of rotatable bonds is 23. The number of thioether (sulfide) groups is 2. The molecule has 0 saturated carbocycles. The summed E-state index contributed by atoms with van der Waals surface area (Å²) in [5, 5.41) is 13.5. The highest BCUT2D eigenvalue weighted by Gasteiger charge is 2.75. The summed E-state index contributed by atoms with van der Waals surface area (Å²) in [6.07, 6.45) is 0.650. The monoisotopic (exact) mass is 942 g/mol. The van der Waals surface area contributed by atoms with Crippen molar-refractivity contribution in [1.29, 1.82) is 0 Å². The molecule has 358 valence electrons. The van der Waals surface area contributed by atoms with Gasteiger partial charge in [-0.2, -0.15) is 0 Å². The predicted molar refractivity (Wildman–Crippen MR) is 261 cm³/mol. The Morgan fingerprint density at radius 1 is 0.682 bits per heavy atom. The molecule has 3 aliphatic heterocycles. The van der Waals surface area contributed by atoms with E-state index in [9.17, 15) is 9.90 Å². The van der Waals surface area contributed by atoms with E-state index in [2.05, 4.69) is 19.1 Å². The van der Waals surface area contributed by atoms with E-state index in [0.717, 1.165) is 41.0 Å². The zero-order valence-corrected chi connectivity index (χ0v) is 41.2. The molecule has 12 heteroatoms. The number of hydrogen-bond acceptors (Lipinski definition) is 12. The largest absolute Gasteiger partial charge is 0.462 e. The topological polar surface area (TPSA) is 111 Å². The van der Waals surface area contributed by atoms with Crippen LogP contribution in [0.25, 0.3) is 0 Å². The third-order valence-electron chi connectivity index (χ3n) is 12.7. The number of hydrogen-bond donors (Lipinski definition) is 1. The van der Waals surface area contributed by atoms with Gasteiger partial charge in [0.15, 0.2) is 22.8 Å². The molecule has 3 saturated heterocycles. The average molecular weight is 943 g/mol. The Morgan fingerprint density at radius 2 is 1.15 bits per heavy atom. The number of esters is 1. The van der Waals surface area contributed by atoms with Crippen molar-refractivity contribution in [2.75, 3.05) is 31.3 Å². The van der Waals surface area contributed by atoms with E-state index in [1.165, 1.54) is 12.5 Å². The van der Waals surface area contributed by atoms with Crippen LogP contribution in [0.2, 0.25) is 0 Å². The highest BCUT2D eigenvalue weighted by atomic mass is 32.2. The fourth-order valence-electron chi connectivity index (χ4n) is 9.81. The van der Waals surface area contributed by atoms with E-state index >= 15 is 0 Å². The van der Waals surface area contributed by atoms with Crippen molar-refractivity contribution in [2.24, 2.45) is 5.92 Å². The molecule has 0 amide bonds. The Morgan fingerprint density at radius 3 is 1.68 bits per heavy atom. The highest BCUT2D eigenvalue weighted by molar-refractivity contribution is 8.18. The van der Waals surface area contributed by atoms with Gasteiger partial charge in [-0.1, -0.05) is 128 Å². The maximum atomic E-state index is 13.5. The molecular formula is C54H70O10S2. The highest BCUT2D eigenvalue weighted by Crippen LogP contribution is 2.58. The van der Waals surface area contributed by atoms with Crippen molar-refractivity contribution in [3.63, 3.8) is 0 Å². The Kier molecular flexibility index (Phi) is 17.6. The van der Waals surface area contributed by atoms with Crippen LogP contribution in [-0.4, -0.2) is 93.7 Å². The van der Waals surface area contributed by atoms with E-state index in [1.807, 2.05) is 137 Å². The quantitative estimate of drug-likeness (QED) is 0.0715. The SMILES string of the molecule is CC(=O)O[C@H](CCCC1([C@@H](O)[C@H]2OC(C)(C)O[C@@]2(COCc2ccccc2)[C@]2(COCc3ccccc3)OC(C)(C)O[C@H]2COCc2ccccc2)SCCCS1)[C@H](C)Cc1ccccc1. The lowest BCUT2D eigenvalue weighted by molar-refractivity contribution is -0.275. The molecule has 0 aliphatic carbocycles. The lowest BCUT2D eigenvalue weighted by Gasteiger charge is -2.52. The first-order valence-electron chi connectivity index (χ1n) is 23.5. The number of aliphatic hydroxyl groups is 1. The Bertz CT molecular complexity index is 2070. The van der Waals surface area contributed by atoms with Crippen LogP contribution in [0, 0.1) is 5.92 Å². The van der Waals surface area contributed by atoms with E-state index in [0.29, 0.717) is 32.5 Å². The number of benzene rings is 4. The molecule has 10 nitrogen and oxygen atoms in total. The second-order valence-corrected chi connectivity index (χ2v) is 22.0. The van der Waals surface area contributed by atoms with Gasteiger partial charge in [-0.25, -0.2) is 0 Å². The van der Waals surface area contributed by atoms with Gasteiger partial charge < -0.3 is 43.0 Å². The molecule has 3 fully saturated rings. The van der Waals surface area contributed by atoms with Gasteiger partial charge in [0.05, 0.1) is 43.7 Å². The molecule has 7 atom stereocenters. The number of aliphatic hydroxyl groups excluding tert-OH is 1. The molecule has 0 spiro atoms. The molecule has 66 heavy (non-hydrogen) atoms. The Hall–Kier alpha value is -3.27. The number of carbonyl (C=O) groups excluding carboxylic acids is 1. The minimum Gasteiger partial charge on any atom is -0.462 e. The summed E-state index contributed by atoms with van der Waals surface area (Å²) in [6, 6.07) is 40.4. The second kappa shape index (κ2) is 22.9. The molecule has 0 unspecified atom stereocenters. The van der Waals surface area contributed by atoms with Crippen molar-refractivity contribution in [2.45, 2.75) is 145 Å². The summed E-state index contributed by atoms with van der Waals surface area (Å²) in [5.41, 5.74) is 1.27. The smallest absolute Gasteiger partial charge is 0.302 e. The van der Waals surface area contributed by atoms with Gasteiger partial charge in [0.25, 0.3) is 0 Å². The van der Waals surface area contributed by atoms with Crippen molar-refractivity contribution in [1.82, 2.24) is 0 Å². The van der Waals surface area contributed by atoms with Gasteiger partial charge in [-0.15, -0.1) is 23.5 Å². The number of ether oxygens (including phenoxy) is 8. The lowest BCUT2D eigenvalue weighted by atomic mass is 9.73. The fraction of sp³-hybridized carbons (Fsp3) is 0.537. The summed E-state index contributed by atoms with van der Waals surface area (Å²) in [5.74, 6) is -0.792. The average Bonchev–Trinajstić information content (AvgIpc) is 3.75. The van der Waals surface area contributed by atoms with Crippen LogP contribution in [0.4, 0.5) is 0 Å². The normalized spacial score (nSPS) is 25.8. The minimum absolute atomic E-state index is 0.0126. The van der Waals surface area contributed by atoms with E-state index in [-0.39, 0.29) is 44.4 Å². The molecule has 3 aliphatic rings. The van der Waals surface area contributed by atoms with Crippen LogP contribution in [0.15, 0.2) is 121 Å². The zero-order chi connectivity index (χ0) is 46.7. The van der Waals surface area contributed by atoms with Gasteiger partial charge in [0.1, 0.15) is 24.4 Å². The molecular weight excluding hydrogens is 873 g/mol. The summed E-state index contributed by atoms with van der Waals surface area (Å²) >= 11 is 3.55. The van der Waals surface area contributed by atoms with Crippen LogP contribution < -0.4 is 0 Å². The van der Waals surface area contributed by atoms with Crippen LogP contribution >= 0.6 is 23.5 Å². The van der Waals surface area contributed by atoms with Crippen LogP contribution in [-0.2, 0) is 68.9 Å². The van der Waals surface area contributed by atoms with E-state index < -0.39 is 45.2 Å². The van der Waals surface area contributed by atoms with Crippen molar-refractivity contribution >= 4 is 29.5 Å². The van der Waals surface area contributed by atoms with Crippen LogP contribution in [0.3, 0.4) is 0 Å². The summed E-state index contributed by atoms with van der Waals surface area (Å²) < 4.78 is 54.1. The third kappa shape index (κ3) is 12.7. The summed E-state index contributed by atoms with van der Waals surface area (Å²) in [7, 11) is 0. The molecule has 3 heterocycles. The fourth-order valence-corrected chi connectivity index (χ4v) is 13.3. The number of carbonyl (C=O) groups is 1. The minimum atomic E-state index is -1.51. The molecule has 7 rings (SSSR count).